The van der Waals surface area contributed by atoms with E-state index in [1.54, 1.807) is 11.8 Å². The maximum absolute atomic E-state index is 9.36. The molecule has 0 radical (unpaired) electrons. The Hall–Kier alpha value is -0.670. The van der Waals surface area contributed by atoms with E-state index in [1.165, 1.54) is 0 Å². The average molecular weight is 211 g/mol. The molecule has 2 unspecified atom stereocenters. The van der Waals surface area contributed by atoms with Crippen LogP contribution in [0.5, 0.6) is 0 Å². The third-order valence-corrected chi connectivity index (χ3v) is 3.53. The number of anilines is 1. The Bertz CT molecular complexity index is 312. The van der Waals surface area contributed by atoms with E-state index in [4.69, 9.17) is 5.73 Å². The number of rotatable bonds is 3. The molecule has 0 aromatic heterocycles. The van der Waals surface area contributed by atoms with Gasteiger partial charge in [-0.05, 0) is 37.6 Å². The fourth-order valence-corrected chi connectivity index (χ4v) is 2.05. The van der Waals surface area contributed by atoms with Gasteiger partial charge in [0.25, 0.3) is 0 Å². The SMILES string of the molecule is Cc1cc(SC(C)C(C)O)ccc1N. The number of nitrogen functional groups attached to an aromatic ring is 1. The predicted octanol–water partition coefficient (Wildman–Crippen LogP) is 2.44. The van der Waals surface area contributed by atoms with Gasteiger partial charge >= 0.3 is 0 Å². The summed E-state index contributed by atoms with van der Waals surface area (Å²) in [6.45, 7) is 5.81. The van der Waals surface area contributed by atoms with Gasteiger partial charge in [0.1, 0.15) is 0 Å². The Morgan fingerprint density at radius 2 is 2.00 bits per heavy atom. The van der Waals surface area contributed by atoms with Crippen molar-refractivity contribution in [1.29, 1.82) is 0 Å². The van der Waals surface area contributed by atoms with Gasteiger partial charge in [0, 0.05) is 15.8 Å². The third kappa shape index (κ3) is 2.93. The molecule has 0 aliphatic rings. The number of thioether (sulfide) groups is 1. The van der Waals surface area contributed by atoms with E-state index in [0.29, 0.717) is 0 Å². The lowest BCUT2D eigenvalue weighted by Crippen LogP contribution is -2.14. The van der Waals surface area contributed by atoms with Crippen molar-refractivity contribution >= 4 is 17.4 Å². The lowest BCUT2D eigenvalue weighted by molar-refractivity contribution is 0.196. The van der Waals surface area contributed by atoms with Crippen molar-refractivity contribution in [3.8, 4) is 0 Å². The Morgan fingerprint density at radius 3 is 2.50 bits per heavy atom. The van der Waals surface area contributed by atoms with E-state index in [1.807, 2.05) is 32.9 Å². The van der Waals surface area contributed by atoms with E-state index >= 15 is 0 Å². The fraction of sp³-hybridized carbons (Fsp3) is 0.455. The highest BCUT2D eigenvalue weighted by molar-refractivity contribution is 8.00. The molecule has 0 bridgehead atoms. The van der Waals surface area contributed by atoms with Crippen LogP contribution in [0.15, 0.2) is 23.1 Å². The van der Waals surface area contributed by atoms with Gasteiger partial charge in [-0.25, -0.2) is 0 Å². The van der Waals surface area contributed by atoms with Gasteiger partial charge in [0.05, 0.1) is 6.10 Å². The minimum atomic E-state index is -0.294. The molecule has 0 saturated heterocycles. The molecule has 1 aromatic carbocycles. The third-order valence-electron chi connectivity index (χ3n) is 2.24. The van der Waals surface area contributed by atoms with Gasteiger partial charge in [-0.1, -0.05) is 6.92 Å². The largest absolute Gasteiger partial charge is 0.399 e. The first-order valence-electron chi connectivity index (χ1n) is 4.71. The van der Waals surface area contributed by atoms with Crippen LogP contribution in [0.4, 0.5) is 5.69 Å². The topological polar surface area (TPSA) is 46.2 Å². The van der Waals surface area contributed by atoms with Crippen LogP contribution < -0.4 is 5.73 Å². The summed E-state index contributed by atoms with van der Waals surface area (Å²) in [6.07, 6.45) is -0.294. The van der Waals surface area contributed by atoms with E-state index in [-0.39, 0.29) is 11.4 Å². The summed E-state index contributed by atoms with van der Waals surface area (Å²) in [5.41, 5.74) is 7.63. The first kappa shape index (κ1) is 11.4. The molecule has 1 aromatic rings. The summed E-state index contributed by atoms with van der Waals surface area (Å²) in [4.78, 5) is 1.16. The normalized spacial score (nSPS) is 15.1. The monoisotopic (exact) mass is 211 g/mol. The van der Waals surface area contributed by atoms with Crippen molar-refractivity contribution in [2.24, 2.45) is 0 Å². The first-order valence-corrected chi connectivity index (χ1v) is 5.59. The predicted molar refractivity (Wildman–Crippen MR) is 62.6 cm³/mol. The second kappa shape index (κ2) is 4.71. The molecule has 14 heavy (non-hydrogen) atoms. The van der Waals surface area contributed by atoms with Crippen molar-refractivity contribution < 1.29 is 5.11 Å². The Labute approximate surface area is 89.5 Å². The van der Waals surface area contributed by atoms with E-state index in [2.05, 4.69) is 6.07 Å². The molecular formula is C11H17NOS. The van der Waals surface area contributed by atoms with Gasteiger partial charge in [-0.15, -0.1) is 11.8 Å². The summed E-state index contributed by atoms with van der Waals surface area (Å²) in [5.74, 6) is 0. The smallest absolute Gasteiger partial charge is 0.0631 e. The number of nitrogens with two attached hydrogens (primary N) is 1. The number of hydrogen-bond acceptors (Lipinski definition) is 3. The minimum Gasteiger partial charge on any atom is -0.399 e. The molecule has 0 heterocycles. The van der Waals surface area contributed by atoms with E-state index in [0.717, 1.165) is 16.1 Å². The summed E-state index contributed by atoms with van der Waals surface area (Å²) < 4.78 is 0. The molecule has 2 atom stereocenters. The van der Waals surface area contributed by atoms with Crippen molar-refractivity contribution in [3.05, 3.63) is 23.8 Å². The highest BCUT2D eigenvalue weighted by Gasteiger charge is 2.10. The molecule has 3 N–H and O–H groups in total. The van der Waals surface area contributed by atoms with Crippen LogP contribution in [0.25, 0.3) is 0 Å². The van der Waals surface area contributed by atoms with E-state index < -0.39 is 0 Å². The van der Waals surface area contributed by atoms with E-state index in [9.17, 15) is 5.11 Å². The zero-order valence-electron chi connectivity index (χ0n) is 8.82. The Kier molecular flexibility index (Phi) is 3.84. The molecule has 0 aliphatic carbocycles. The summed E-state index contributed by atoms with van der Waals surface area (Å²) in [6, 6.07) is 5.96. The number of aliphatic hydroxyl groups is 1. The van der Waals surface area contributed by atoms with Gasteiger partial charge in [0.2, 0.25) is 0 Å². The molecule has 2 nitrogen and oxygen atoms in total. The van der Waals surface area contributed by atoms with Gasteiger partial charge in [-0.2, -0.15) is 0 Å². The van der Waals surface area contributed by atoms with Crippen molar-refractivity contribution in [2.75, 3.05) is 5.73 Å². The molecule has 78 valence electrons. The maximum atomic E-state index is 9.36. The average Bonchev–Trinajstić information content (AvgIpc) is 2.11. The molecule has 0 fully saturated rings. The highest BCUT2D eigenvalue weighted by Crippen LogP contribution is 2.27. The molecular weight excluding hydrogens is 194 g/mol. The van der Waals surface area contributed by atoms with Crippen LogP contribution >= 0.6 is 11.8 Å². The van der Waals surface area contributed by atoms with Crippen LogP contribution in [0, 0.1) is 6.92 Å². The lowest BCUT2D eigenvalue weighted by Gasteiger charge is -2.14. The molecule has 0 aliphatic heterocycles. The summed E-state index contributed by atoms with van der Waals surface area (Å²) in [7, 11) is 0. The number of aryl methyl sites for hydroxylation is 1. The second-order valence-electron chi connectivity index (χ2n) is 3.58. The number of aliphatic hydroxyl groups excluding tert-OH is 1. The van der Waals surface area contributed by atoms with Gasteiger partial charge < -0.3 is 10.8 Å². The Balaban J connectivity index is 2.73. The van der Waals surface area contributed by atoms with Crippen LogP contribution in [-0.2, 0) is 0 Å². The molecule has 0 spiro atoms. The standard InChI is InChI=1S/C11H17NOS/c1-7-6-10(4-5-11(7)12)14-9(3)8(2)13/h4-6,8-9,13H,12H2,1-3H3. The lowest BCUT2D eigenvalue weighted by atomic mass is 10.2. The van der Waals surface area contributed by atoms with Crippen molar-refractivity contribution in [3.63, 3.8) is 0 Å². The molecule has 0 saturated carbocycles. The zero-order chi connectivity index (χ0) is 10.7. The van der Waals surface area contributed by atoms with Crippen LogP contribution in [0.1, 0.15) is 19.4 Å². The Morgan fingerprint density at radius 1 is 1.36 bits per heavy atom. The zero-order valence-corrected chi connectivity index (χ0v) is 9.64. The molecule has 1 rings (SSSR count). The number of benzene rings is 1. The van der Waals surface area contributed by atoms with Crippen LogP contribution in [0.2, 0.25) is 0 Å². The highest BCUT2D eigenvalue weighted by atomic mass is 32.2. The number of hydrogen-bond donors (Lipinski definition) is 2. The van der Waals surface area contributed by atoms with Crippen molar-refractivity contribution in [1.82, 2.24) is 0 Å². The van der Waals surface area contributed by atoms with Crippen LogP contribution in [-0.4, -0.2) is 16.5 Å². The minimum absolute atomic E-state index is 0.207. The molecule has 0 amide bonds. The fourth-order valence-electron chi connectivity index (χ4n) is 1.03. The maximum Gasteiger partial charge on any atom is 0.0631 e. The quantitative estimate of drug-likeness (QED) is 0.596. The van der Waals surface area contributed by atoms with Crippen molar-refractivity contribution in [2.45, 2.75) is 37.0 Å². The van der Waals surface area contributed by atoms with Crippen LogP contribution in [0.3, 0.4) is 0 Å². The second-order valence-corrected chi connectivity index (χ2v) is 5.03. The van der Waals surface area contributed by atoms with Gasteiger partial charge in [-0.3, -0.25) is 0 Å². The summed E-state index contributed by atoms with van der Waals surface area (Å²) in [5, 5.41) is 9.57. The summed E-state index contributed by atoms with van der Waals surface area (Å²) >= 11 is 1.67. The molecule has 3 heteroatoms. The van der Waals surface area contributed by atoms with Gasteiger partial charge in [0.15, 0.2) is 0 Å². The first-order chi connectivity index (χ1) is 6.50.